The molecule has 0 heterocycles. The van der Waals surface area contributed by atoms with Crippen molar-refractivity contribution in [1.29, 1.82) is 5.26 Å². The number of amides is 1. The van der Waals surface area contributed by atoms with Crippen molar-refractivity contribution in [1.82, 2.24) is 0 Å². The number of nitriles is 1. The maximum Gasteiger partial charge on any atom is 0.276 e. The van der Waals surface area contributed by atoms with E-state index in [1.807, 2.05) is 0 Å². The van der Waals surface area contributed by atoms with Gasteiger partial charge in [-0.25, -0.2) is 8.78 Å². The SMILES string of the molecule is N#C/C(=C\c1ccccc1[N+](=O)[O-])C(=O)Nc1ccc(F)cc1F. The van der Waals surface area contributed by atoms with E-state index in [0.717, 1.165) is 18.2 Å². The number of hydrogen-bond donors (Lipinski definition) is 1. The number of nitrogens with zero attached hydrogens (tertiary/aromatic N) is 2. The Hall–Kier alpha value is -3.60. The van der Waals surface area contributed by atoms with Gasteiger partial charge in [-0.2, -0.15) is 5.26 Å². The molecule has 0 spiro atoms. The number of nitro benzene ring substituents is 1. The topological polar surface area (TPSA) is 96.0 Å². The molecule has 0 radical (unpaired) electrons. The predicted octanol–water partition coefficient (Wildman–Crippen LogP) is 3.42. The molecule has 0 bridgehead atoms. The first-order valence-corrected chi connectivity index (χ1v) is 6.54. The van der Waals surface area contributed by atoms with Gasteiger partial charge < -0.3 is 5.32 Å². The number of anilines is 1. The van der Waals surface area contributed by atoms with Crippen LogP contribution in [0.4, 0.5) is 20.2 Å². The number of rotatable bonds is 4. The van der Waals surface area contributed by atoms with Crippen LogP contribution in [-0.2, 0) is 4.79 Å². The van der Waals surface area contributed by atoms with E-state index in [0.29, 0.717) is 6.07 Å². The molecule has 1 amide bonds. The van der Waals surface area contributed by atoms with Crippen molar-refractivity contribution in [2.75, 3.05) is 5.32 Å². The van der Waals surface area contributed by atoms with E-state index in [2.05, 4.69) is 5.32 Å². The average Bonchev–Trinajstić information content (AvgIpc) is 2.55. The summed E-state index contributed by atoms with van der Waals surface area (Å²) in [7, 11) is 0. The maximum atomic E-state index is 13.5. The maximum absolute atomic E-state index is 13.5. The Labute approximate surface area is 134 Å². The monoisotopic (exact) mass is 329 g/mol. The number of hydrogen-bond acceptors (Lipinski definition) is 4. The van der Waals surface area contributed by atoms with Gasteiger partial charge in [0.25, 0.3) is 11.6 Å². The molecular formula is C16H9F2N3O3. The molecule has 0 aliphatic rings. The Morgan fingerprint density at radius 1 is 1.25 bits per heavy atom. The first-order chi connectivity index (χ1) is 11.4. The Morgan fingerprint density at radius 2 is 1.96 bits per heavy atom. The van der Waals surface area contributed by atoms with Crippen molar-refractivity contribution in [2.24, 2.45) is 0 Å². The summed E-state index contributed by atoms with van der Waals surface area (Å²) >= 11 is 0. The van der Waals surface area contributed by atoms with Crippen LogP contribution in [0, 0.1) is 33.1 Å². The first kappa shape index (κ1) is 16.8. The van der Waals surface area contributed by atoms with Crippen LogP contribution in [0.3, 0.4) is 0 Å². The highest BCUT2D eigenvalue weighted by molar-refractivity contribution is 6.10. The van der Waals surface area contributed by atoms with Crippen LogP contribution in [0.1, 0.15) is 5.56 Å². The highest BCUT2D eigenvalue weighted by Crippen LogP contribution is 2.21. The lowest BCUT2D eigenvalue weighted by Gasteiger charge is -2.05. The number of carbonyl (C=O) groups is 1. The van der Waals surface area contributed by atoms with Crippen LogP contribution in [0.15, 0.2) is 48.0 Å². The van der Waals surface area contributed by atoms with E-state index in [4.69, 9.17) is 5.26 Å². The number of nitro groups is 1. The molecular weight excluding hydrogens is 320 g/mol. The zero-order valence-corrected chi connectivity index (χ0v) is 12.0. The zero-order valence-electron chi connectivity index (χ0n) is 12.0. The second-order valence-corrected chi connectivity index (χ2v) is 4.56. The van der Waals surface area contributed by atoms with Crippen molar-refractivity contribution in [2.45, 2.75) is 0 Å². The summed E-state index contributed by atoms with van der Waals surface area (Å²) in [4.78, 5) is 22.3. The third-order valence-corrected chi connectivity index (χ3v) is 2.98. The van der Waals surface area contributed by atoms with Crippen LogP contribution in [0.2, 0.25) is 0 Å². The average molecular weight is 329 g/mol. The van der Waals surface area contributed by atoms with Crippen molar-refractivity contribution in [3.05, 3.63) is 75.3 Å². The third-order valence-electron chi connectivity index (χ3n) is 2.98. The minimum Gasteiger partial charge on any atom is -0.319 e. The van der Waals surface area contributed by atoms with Crippen molar-refractivity contribution >= 4 is 23.4 Å². The number of carbonyl (C=O) groups excluding carboxylic acids is 1. The highest BCUT2D eigenvalue weighted by Gasteiger charge is 2.16. The van der Waals surface area contributed by atoms with Crippen LogP contribution >= 0.6 is 0 Å². The molecule has 0 unspecified atom stereocenters. The number of nitrogens with one attached hydrogen (secondary N) is 1. The summed E-state index contributed by atoms with van der Waals surface area (Å²) in [5.41, 5.74) is -1.02. The van der Waals surface area contributed by atoms with Gasteiger partial charge in [-0.05, 0) is 24.3 Å². The van der Waals surface area contributed by atoms with E-state index in [1.54, 1.807) is 6.07 Å². The molecule has 8 heteroatoms. The standard InChI is InChI=1S/C16H9F2N3O3/c17-12-5-6-14(13(18)8-12)20-16(22)11(9-19)7-10-3-1-2-4-15(10)21(23)24/h1-8H,(H,20,22)/b11-7+. The fourth-order valence-electron chi connectivity index (χ4n) is 1.86. The number of para-hydroxylation sites is 1. The zero-order chi connectivity index (χ0) is 17.7. The Bertz CT molecular complexity index is 888. The summed E-state index contributed by atoms with van der Waals surface area (Å²) in [6.07, 6.45) is 1.02. The summed E-state index contributed by atoms with van der Waals surface area (Å²) in [6, 6.07) is 9.65. The molecule has 0 fully saturated rings. The van der Waals surface area contributed by atoms with Crippen molar-refractivity contribution < 1.29 is 18.5 Å². The predicted molar refractivity (Wildman–Crippen MR) is 81.7 cm³/mol. The quantitative estimate of drug-likeness (QED) is 0.402. The van der Waals surface area contributed by atoms with E-state index >= 15 is 0 Å². The Kier molecular flexibility index (Phi) is 4.96. The molecule has 0 saturated heterocycles. The third kappa shape index (κ3) is 3.78. The van der Waals surface area contributed by atoms with Gasteiger partial charge in [0.2, 0.25) is 0 Å². The summed E-state index contributed by atoms with van der Waals surface area (Å²) in [5, 5.41) is 22.1. The van der Waals surface area contributed by atoms with E-state index in [9.17, 15) is 23.7 Å². The van der Waals surface area contributed by atoms with Crippen molar-refractivity contribution in [3.63, 3.8) is 0 Å². The fraction of sp³-hybridized carbons (Fsp3) is 0. The molecule has 120 valence electrons. The Morgan fingerprint density at radius 3 is 2.58 bits per heavy atom. The van der Waals surface area contributed by atoms with Gasteiger partial charge in [0.15, 0.2) is 0 Å². The highest BCUT2D eigenvalue weighted by atomic mass is 19.1. The number of benzene rings is 2. The lowest BCUT2D eigenvalue weighted by molar-refractivity contribution is -0.385. The van der Waals surface area contributed by atoms with E-state index in [1.165, 1.54) is 24.3 Å². The molecule has 0 atom stereocenters. The minimum atomic E-state index is -1.01. The molecule has 2 aromatic carbocycles. The molecule has 6 nitrogen and oxygen atoms in total. The van der Waals surface area contributed by atoms with Gasteiger partial charge in [-0.15, -0.1) is 0 Å². The van der Waals surface area contributed by atoms with Crippen LogP contribution in [-0.4, -0.2) is 10.8 Å². The minimum absolute atomic E-state index is 0.0498. The lowest BCUT2D eigenvalue weighted by Crippen LogP contribution is -2.14. The van der Waals surface area contributed by atoms with Gasteiger partial charge in [-0.3, -0.25) is 14.9 Å². The largest absolute Gasteiger partial charge is 0.319 e. The molecule has 0 saturated carbocycles. The first-order valence-electron chi connectivity index (χ1n) is 6.54. The Balaban J connectivity index is 2.33. The molecule has 24 heavy (non-hydrogen) atoms. The van der Waals surface area contributed by atoms with E-state index < -0.39 is 28.0 Å². The van der Waals surface area contributed by atoms with Crippen LogP contribution in [0.5, 0.6) is 0 Å². The smallest absolute Gasteiger partial charge is 0.276 e. The van der Waals surface area contributed by atoms with Gasteiger partial charge in [0.05, 0.1) is 16.2 Å². The molecule has 2 aromatic rings. The van der Waals surface area contributed by atoms with Gasteiger partial charge >= 0.3 is 0 Å². The lowest BCUT2D eigenvalue weighted by atomic mass is 10.1. The van der Waals surface area contributed by atoms with Crippen molar-refractivity contribution in [3.8, 4) is 6.07 Å². The molecule has 0 aliphatic heterocycles. The summed E-state index contributed by atoms with van der Waals surface area (Å²) in [6.45, 7) is 0. The van der Waals surface area contributed by atoms with Crippen LogP contribution in [0.25, 0.3) is 6.08 Å². The molecule has 0 aliphatic carbocycles. The van der Waals surface area contributed by atoms with Gasteiger partial charge in [0.1, 0.15) is 23.3 Å². The number of halogens is 2. The van der Waals surface area contributed by atoms with Crippen LogP contribution < -0.4 is 5.32 Å². The van der Waals surface area contributed by atoms with E-state index in [-0.39, 0.29) is 16.9 Å². The second kappa shape index (κ2) is 7.11. The normalized spacial score (nSPS) is 10.8. The molecule has 0 aromatic heterocycles. The molecule has 1 N–H and O–H groups in total. The van der Waals surface area contributed by atoms with Gasteiger partial charge in [-0.1, -0.05) is 12.1 Å². The molecule has 2 rings (SSSR count). The summed E-state index contributed by atoms with van der Waals surface area (Å²) < 4.78 is 26.4. The second-order valence-electron chi connectivity index (χ2n) is 4.56. The summed E-state index contributed by atoms with van der Waals surface area (Å²) in [5.74, 6) is -2.80. The fourth-order valence-corrected chi connectivity index (χ4v) is 1.86. The van der Waals surface area contributed by atoms with Gasteiger partial charge in [0, 0.05) is 12.1 Å².